The number of halogens is 2. The molecular weight excluding hydrogens is 490 g/mol. The van der Waals surface area contributed by atoms with Crippen LogP contribution in [0.1, 0.15) is 26.3 Å². The predicted octanol–water partition coefficient (Wildman–Crippen LogP) is 4.59. The van der Waals surface area contributed by atoms with Crippen molar-refractivity contribution in [2.45, 2.75) is 0 Å². The predicted molar refractivity (Wildman–Crippen MR) is 113 cm³/mol. The second kappa shape index (κ2) is 9.38. The number of hydrogen-bond acceptors (Lipinski definition) is 5. The molecule has 0 spiro atoms. The molecule has 1 amide bonds. The van der Waals surface area contributed by atoms with Gasteiger partial charge in [-0.2, -0.15) is 5.10 Å². The third-order valence-electron chi connectivity index (χ3n) is 3.52. The second-order valence-corrected chi connectivity index (χ2v) is 7.36. The number of benzene rings is 2. The van der Waals surface area contributed by atoms with Crippen LogP contribution in [-0.2, 0) is 0 Å². The Bertz CT molecular complexity index is 1040. The Labute approximate surface area is 177 Å². The van der Waals surface area contributed by atoms with E-state index in [1.165, 1.54) is 12.4 Å². The Morgan fingerprint density at radius 1 is 0.964 bits per heavy atom. The van der Waals surface area contributed by atoms with Gasteiger partial charge in [0.1, 0.15) is 5.75 Å². The molecule has 2 aromatic carbocycles. The minimum Gasteiger partial charge on any atom is -0.422 e. The molecule has 0 bridgehead atoms. The average Bonchev–Trinajstić information content (AvgIpc) is 2.70. The van der Waals surface area contributed by atoms with Gasteiger partial charge in [0.05, 0.1) is 17.3 Å². The number of carbonyl (C=O) groups is 2. The first-order valence-electron chi connectivity index (χ1n) is 8.03. The monoisotopic (exact) mass is 501 g/mol. The van der Waals surface area contributed by atoms with Crippen LogP contribution in [0, 0.1) is 0 Å². The molecule has 1 heterocycles. The number of rotatable bonds is 5. The number of aromatic nitrogens is 1. The summed E-state index contributed by atoms with van der Waals surface area (Å²) in [5.74, 6) is -0.580. The molecule has 0 aliphatic heterocycles. The number of carbonyl (C=O) groups excluding carboxylic acids is 2. The zero-order valence-electron chi connectivity index (χ0n) is 14.3. The van der Waals surface area contributed by atoms with E-state index in [1.807, 2.05) is 6.07 Å². The van der Waals surface area contributed by atoms with Gasteiger partial charge in [-0.1, -0.05) is 34.1 Å². The Balaban J connectivity index is 1.74. The average molecular weight is 503 g/mol. The molecule has 3 rings (SSSR count). The van der Waals surface area contributed by atoms with Crippen molar-refractivity contribution >= 4 is 50.0 Å². The third-order valence-corrected chi connectivity index (χ3v) is 4.45. The van der Waals surface area contributed by atoms with Gasteiger partial charge in [-0.15, -0.1) is 0 Å². The van der Waals surface area contributed by atoms with Crippen LogP contribution in [0.15, 0.2) is 81.0 Å². The van der Waals surface area contributed by atoms with Crippen LogP contribution in [0.3, 0.4) is 0 Å². The first-order chi connectivity index (χ1) is 13.5. The molecule has 0 radical (unpaired) electrons. The normalized spacial score (nSPS) is 10.6. The Kier molecular flexibility index (Phi) is 6.67. The van der Waals surface area contributed by atoms with E-state index in [0.717, 1.165) is 4.47 Å². The van der Waals surface area contributed by atoms with Crippen LogP contribution < -0.4 is 10.2 Å². The van der Waals surface area contributed by atoms with Crippen molar-refractivity contribution in [3.05, 3.63) is 92.6 Å². The van der Waals surface area contributed by atoms with Gasteiger partial charge in [-0.3, -0.25) is 9.78 Å². The highest BCUT2D eigenvalue weighted by atomic mass is 79.9. The van der Waals surface area contributed by atoms with E-state index in [-0.39, 0.29) is 0 Å². The standard InChI is InChI=1S/C20H13Br2N3O3/c21-16-6-7-18(28-20(27)13-4-2-1-3-5-13)14(8-16)11-24-25-19(26)15-9-17(22)12-23-10-15/h1-12H,(H,25,26). The SMILES string of the molecule is O=C(NN=Cc1cc(Br)ccc1OC(=O)c1ccccc1)c1cncc(Br)c1. The Hall–Kier alpha value is -2.84. The molecule has 140 valence electrons. The van der Waals surface area contributed by atoms with Gasteiger partial charge in [-0.25, -0.2) is 10.2 Å². The molecule has 1 aromatic heterocycles. The summed E-state index contributed by atoms with van der Waals surface area (Å²) < 4.78 is 6.92. The maximum absolute atomic E-state index is 12.3. The summed E-state index contributed by atoms with van der Waals surface area (Å²) in [5.41, 5.74) is 3.73. The Morgan fingerprint density at radius 3 is 2.50 bits per heavy atom. The lowest BCUT2D eigenvalue weighted by molar-refractivity contribution is 0.0734. The quantitative estimate of drug-likeness (QED) is 0.239. The Morgan fingerprint density at radius 2 is 1.75 bits per heavy atom. The number of nitrogens with zero attached hydrogens (tertiary/aromatic N) is 2. The fourth-order valence-electron chi connectivity index (χ4n) is 2.21. The van der Waals surface area contributed by atoms with Crippen LogP contribution in [0.4, 0.5) is 0 Å². The lowest BCUT2D eigenvalue weighted by atomic mass is 10.2. The number of nitrogens with one attached hydrogen (secondary N) is 1. The number of pyridine rings is 1. The number of hydrazone groups is 1. The largest absolute Gasteiger partial charge is 0.422 e. The van der Waals surface area contributed by atoms with Crippen molar-refractivity contribution < 1.29 is 14.3 Å². The first kappa shape index (κ1) is 19.9. The maximum Gasteiger partial charge on any atom is 0.343 e. The zero-order chi connectivity index (χ0) is 19.9. The molecule has 1 N–H and O–H groups in total. The first-order valence-corrected chi connectivity index (χ1v) is 9.62. The molecule has 0 fully saturated rings. The third kappa shape index (κ3) is 5.34. The molecule has 8 heteroatoms. The summed E-state index contributed by atoms with van der Waals surface area (Å²) in [6.45, 7) is 0. The maximum atomic E-state index is 12.3. The van der Waals surface area contributed by atoms with Crippen LogP contribution in [-0.4, -0.2) is 23.1 Å². The van der Waals surface area contributed by atoms with Gasteiger partial charge in [0.15, 0.2) is 0 Å². The highest BCUT2D eigenvalue weighted by Crippen LogP contribution is 2.23. The van der Waals surface area contributed by atoms with Crippen LogP contribution in [0.25, 0.3) is 0 Å². The van der Waals surface area contributed by atoms with Gasteiger partial charge in [0.2, 0.25) is 0 Å². The molecule has 0 saturated carbocycles. The molecule has 3 aromatic rings. The van der Waals surface area contributed by atoms with E-state index in [0.29, 0.717) is 26.9 Å². The molecule has 0 aliphatic rings. The van der Waals surface area contributed by atoms with E-state index < -0.39 is 11.9 Å². The van der Waals surface area contributed by atoms with E-state index in [4.69, 9.17) is 4.74 Å². The van der Waals surface area contributed by atoms with Crippen molar-refractivity contribution in [1.29, 1.82) is 0 Å². The van der Waals surface area contributed by atoms with Gasteiger partial charge in [-0.05, 0) is 52.3 Å². The fourth-order valence-corrected chi connectivity index (χ4v) is 2.95. The van der Waals surface area contributed by atoms with Crippen molar-refractivity contribution in [3.63, 3.8) is 0 Å². The number of ether oxygens (including phenoxy) is 1. The fraction of sp³-hybridized carbons (Fsp3) is 0. The van der Waals surface area contributed by atoms with E-state index in [9.17, 15) is 9.59 Å². The molecule has 0 atom stereocenters. The molecular formula is C20H13Br2N3O3. The number of hydrogen-bond donors (Lipinski definition) is 1. The summed E-state index contributed by atoms with van der Waals surface area (Å²) >= 11 is 6.63. The smallest absolute Gasteiger partial charge is 0.343 e. The lowest BCUT2D eigenvalue weighted by Crippen LogP contribution is -2.18. The van der Waals surface area contributed by atoms with Gasteiger partial charge < -0.3 is 4.74 Å². The summed E-state index contributed by atoms with van der Waals surface area (Å²) in [7, 11) is 0. The highest BCUT2D eigenvalue weighted by molar-refractivity contribution is 9.10. The van der Waals surface area contributed by atoms with E-state index >= 15 is 0 Å². The lowest BCUT2D eigenvalue weighted by Gasteiger charge is -2.08. The molecule has 6 nitrogen and oxygen atoms in total. The minimum atomic E-state index is -0.484. The zero-order valence-corrected chi connectivity index (χ0v) is 17.5. The molecule has 0 aliphatic carbocycles. The van der Waals surface area contributed by atoms with Gasteiger partial charge >= 0.3 is 5.97 Å². The molecule has 0 saturated heterocycles. The topological polar surface area (TPSA) is 80.6 Å². The van der Waals surface area contributed by atoms with Gasteiger partial charge in [0.25, 0.3) is 5.91 Å². The van der Waals surface area contributed by atoms with Crippen LogP contribution >= 0.6 is 31.9 Å². The van der Waals surface area contributed by atoms with Gasteiger partial charge in [0, 0.05) is 26.9 Å². The van der Waals surface area contributed by atoms with E-state index in [1.54, 1.807) is 54.7 Å². The number of amides is 1. The van der Waals surface area contributed by atoms with Crippen molar-refractivity contribution in [3.8, 4) is 5.75 Å². The number of esters is 1. The highest BCUT2D eigenvalue weighted by Gasteiger charge is 2.11. The van der Waals surface area contributed by atoms with Crippen molar-refractivity contribution in [1.82, 2.24) is 10.4 Å². The second-order valence-electron chi connectivity index (χ2n) is 5.53. The van der Waals surface area contributed by atoms with Crippen molar-refractivity contribution in [2.75, 3.05) is 0 Å². The minimum absolute atomic E-state index is 0.319. The molecule has 28 heavy (non-hydrogen) atoms. The summed E-state index contributed by atoms with van der Waals surface area (Å²) in [5, 5.41) is 3.95. The summed E-state index contributed by atoms with van der Waals surface area (Å²) in [6.07, 6.45) is 4.42. The van der Waals surface area contributed by atoms with Crippen molar-refractivity contribution in [2.24, 2.45) is 5.10 Å². The van der Waals surface area contributed by atoms with Crippen LogP contribution in [0.5, 0.6) is 5.75 Å². The van der Waals surface area contributed by atoms with Crippen LogP contribution in [0.2, 0.25) is 0 Å². The summed E-state index contributed by atoms with van der Waals surface area (Å²) in [6, 6.07) is 15.4. The summed E-state index contributed by atoms with van der Waals surface area (Å²) in [4.78, 5) is 28.3. The molecule has 0 unspecified atom stereocenters. The van der Waals surface area contributed by atoms with E-state index in [2.05, 4.69) is 47.4 Å².